The molecule has 9 nitrogen and oxygen atoms in total. The van der Waals surface area contributed by atoms with Crippen molar-refractivity contribution >= 4 is 23.4 Å². The van der Waals surface area contributed by atoms with E-state index in [1.54, 1.807) is 16.9 Å². The number of alkyl halides is 2. The number of nitrogens with zero attached hydrogens (tertiary/aromatic N) is 4. The molecule has 40 heavy (non-hydrogen) atoms. The van der Waals surface area contributed by atoms with Crippen molar-refractivity contribution in [3.8, 4) is 11.3 Å². The van der Waals surface area contributed by atoms with Gasteiger partial charge in [0.2, 0.25) is 11.8 Å². The van der Waals surface area contributed by atoms with E-state index in [0.29, 0.717) is 31.0 Å². The lowest BCUT2D eigenvalue weighted by atomic mass is 9.80. The number of aromatic nitrogens is 3. The van der Waals surface area contributed by atoms with Gasteiger partial charge in [0.25, 0.3) is 12.3 Å². The van der Waals surface area contributed by atoms with E-state index < -0.39 is 24.2 Å². The lowest BCUT2D eigenvalue weighted by molar-refractivity contribution is -0.136. The van der Waals surface area contributed by atoms with Gasteiger partial charge in [-0.2, -0.15) is 5.10 Å². The molecule has 2 aliphatic heterocycles. The summed E-state index contributed by atoms with van der Waals surface area (Å²) in [7, 11) is 0. The van der Waals surface area contributed by atoms with Crippen LogP contribution in [0.1, 0.15) is 65.5 Å². The zero-order chi connectivity index (χ0) is 28.1. The second-order valence-electron chi connectivity index (χ2n) is 10.6. The predicted octanol–water partition coefficient (Wildman–Crippen LogP) is 4.15. The zero-order valence-electron chi connectivity index (χ0n) is 21.7. The minimum Gasteiger partial charge on any atom is -0.385 e. The molecule has 6 rings (SSSR count). The summed E-state index contributed by atoms with van der Waals surface area (Å²) in [6.07, 6.45) is 0.811. The first-order valence-corrected chi connectivity index (χ1v) is 13.2. The number of anilines is 1. The number of benzene rings is 1. The molecule has 1 aliphatic carbocycles. The third kappa shape index (κ3) is 4.71. The fraction of sp³-hybridized carbons (Fsp3) is 0.393. The second kappa shape index (κ2) is 10.1. The number of carbonyl (C=O) groups is 3. The van der Waals surface area contributed by atoms with Gasteiger partial charge in [0.05, 0.1) is 17.4 Å². The molecular weight excluding hydrogens is 525 g/mol. The van der Waals surface area contributed by atoms with Crippen molar-refractivity contribution in [3.63, 3.8) is 0 Å². The molecule has 12 heteroatoms. The third-order valence-electron chi connectivity index (χ3n) is 7.97. The summed E-state index contributed by atoms with van der Waals surface area (Å²) in [5, 5.41) is 9.84. The average Bonchev–Trinajstić information content (AvgIpc) is 3.47. The summed E-state index contributed by atoms with van der Waals surface area (Å²) in [5.74, 6) is -1.17. The minimum absolute atomic E-state index is 0.0284. The van der Waals surface area contributed by atoms with Gasteiger partial charge in [-0.3, -0.25) is 24.4 Å². The number of rotatable bonds is 7. The molecule has 3 aliphatic rings. The standard InChI is InChI=1S/C28H27F3N6O3/c1-14-21(29)4-5-22(33-14)20-13-37(35-25(20)26(30)31)18-8-15(9-18)11-32-17-2-3-19-16(10-17)12-36(28(19)40)23-6-7-24(38)34-27(23)39/h2-5,10,13,15,18,23,26,32H,6-9,11-12H2,1H3,(H,34,38,39). The topological polar surface area (TPSA) is 109 Å². The highest BCUT2D eigenvalue weighted by molar-refractivity contribution is 6.05. The third-order valence-corrected chi connectivity index (χ3v) is 7.97. The molecule has 1 saturated carbocycles. The molecule has 0 spiro atoms. The highest BCUT2D eigenvalue weighted by Crippen LogP contribution is 2.40. The number of nitrogens with one attached hydrogen (secondary N) is 2. The van der Waals surface area contributed by atoms with Crippen molar-refractivity contribution in [2.45, 2.75) is 57.7 Å². The summed E-state index contributed by atoms with van der Waals surface area (Å²) < 4.78 is 42.6. The zero-order valence-corrected chi connectivity index (χ0v) is 21.7. The minimum atomic E-state index is -2.78. The Morgan fingerprint density at radius 2 is 1.93 bits per heavy atom. The Hall–Kier alpha value is -4.22. The van der Waals surface area contributed by atoms with Crippen molar-refractivity contribution in [1.29, 1.82) is 0 Å². The maximum Gasteiger partial charge on any atom is 0.282 e. The fourth-order valence-electron chi connectivity index (χ4n) is 5.67. The molecular formula is C28H27F3N6O3. The van der Waals surface area contributed by atoms with Crippen LogP contribution in [0.25, 0.3) is 11.3 Å². The van der Waals surface area contributed by atoms with Crippen LogP contribution in [0.3, 0.4) is 0 Å². The molecule has 0 radical (unpaired) electrons. The van der Waals surface area contributed by atoms with Crippen molar-refractivity contribution in [2.24, 2.45) is 5.92 Å². The molecule has 0 bridgehead atoms. The van der Waals surface area contributed by atoms with Crippen molar-refractivity contribution in [1.82, 2.24) is 25.0 Å². The van der Waals surface area contributed by atoms with Gasteiger partial charge in [0.15, 0.2) is 0 Å². The molecule has 208 valence electrons. The van der Waals surface area contributed by atoms with E-state index in [1.165, 1.54) is 24.0 Å². The summed E-state index contributed by atoms with van der Waals surface area (Å²) in [5.41, 5.74) is 2.47. The van der Waals surface area contributed by atoms with Gasteiger partial charge in [-0.05, 0) is 68.0 Å². The summed E-state index contributed by atoms with van der Waals surface area (Å²) >= 11 is 0. The van der Waals surface area contributed by atoms with E-state index in [9.17, 15) is 27.6 Å². The highest BCUT2D eigenvalue weighted by atomic mass is 19.3. The van der Waals surface area contributed by atoms with Crippen LogP contribution in [0.2, 0.25) is 0 Å². The number of fused-ring (bicyclic) bond motifs is 1. The Bertz CT molecular complexity index is 1520. The first-order valence-electron chi connectivity index (χ1n) is 13.2. The van der Waals surface area contributed by atoms with E-state index in [-0.39, 0.29) is 46.9 Å². The number of halogens is 3. The molecule has 3 amide bonds. The van der Waals surface area contributed by atoms with E-state index >= 15 is 0 Å². The van der Waals surface area contributed by atoms with Crippen LogP contribution in [-0.4, -0.2) is 50.0 Å². The van der Waals surface area contributed by atoms with Crippen LogP contribution < -0.4 is 10.6 Å². The summed E-state index contributed by atoms with van der Waals surface area (Å²) in [6, 6.07) is 7.40. The second-order valence-corrected chi connectivity index (χ2v) is 10.6. The molecule has 1 saturated heterocycles. The number of hydrogen-bond donors (Lipinski definition) is 2. The Morgan fingerprint density at radius 3 is 2.65 bits per heavy atom. The van der Waals surface area contributed by atoms with Gasteiger partial charge < -0.3 is 10.2 Å². The van der Waals surface area contributed by atoms with Crippen molar-refractivity contribution in [2.75, 3.05) is 11.9 Å². The summed E-state index contributed by atoms with van der Waals surface area (Å²) in [6.45, 7) is 2.45. The molecule has 1 atom stereocenters. The SMILES string of the molecule is Cc1nc(-c2cn(C3CC(CNc4ccc5c(c4)CN(C4CCC(=O)NC4=O)C5=O)C3)nc2C(F)F)ccc1F. The number of pyridine rings is 1. The van der Waals surface area contributed by atoms with Crippen LogP contribution >= 0.6 is 0 Å². The van der Waals surface area contributed by atoms with Crippen molar-refractivity contribution in [3.05, 3.63) is 64.9 Å². The van der Waals surface area contributed by atoms with Crippen LogP contribution in [0, 0.1) is 18.7 Å². The lowest BCUT2D eigenvalue weighted by Crippen LogP contribution is -2.52. The molecule has 2 fully saturated rings. The fourth-order valence-corrected chi connectivity index (χ4v) is 5.67. The number of amides is 3. The monoisotopic (exact) mass is 552 g/mol. The first-order chi connectivity index (χ1) is 19.2. The smallest absolute Gasteiger partial charge is 0.282 e. The maximum absolute atomic E-state index is 13.7. The number of piperidine rings is 1. The molecule has 3 aromatic rings. The molecule has 1 unspecified atom stereocenters. The highest BCUT2D eigenvalue weighted by Gasteiger charge is 2.39. The van der Waals surface area contributed by atoms with Crippen LogP contribution in [0.4, 0.5) is 18.9 Å². The number of hydrogen-bond acceptors (Lipinski definition) is 6. The molecule has 1 aromatic carbocycles. The summed E-state index contributed by atoms with van der Waals surface area (Å²) in [4.78, 5) is 42.2. The van der Waals surface area contributed by atoms with E-state index in [2.05, 4.69) is 20.7 Å². The molecule has 4 heterocycles. The van der Waals surface area contributed by atoms with Gasteiger partial charge in [-0.15, -0.1) is 0 Å². The van der Waals surface area contributed by atoms with E-state index in [1.807, 2.05) is 12.1 Å². The first kappa shape index (κ1) is 26.0. The Kier molecular flexibility index (Phi) is 6.55. The molecule has 2 N–H and O–H groups in total. The van der Waals surface area contributed by atoms with Gasteiger partial charge in [0, 0.05) is 42.5 Å². The maximum atomic E-state index is 13.7. The number of imide groups is 1. The van der Waals surface area contributed by atoms with E-state index in [4.69, 9.17) is 0 Å². The Balaban J connectivity index is 1.07. The quantitative estimate of drug-likeness (QED) is 0.427. The van der Waals surface area contributed by atoms with Crippen LogP contribution in [-0.2, 0) is 16.1 Å². The molecule has 2 aromatic heterocycles. The van der Waals surface area contributed by atoms with Crippen molar-refractivity contribution < 1.29 is 27.6 Å². The average molecular weight is 553 g/mol. The Morgan fingerprint density at radius 1 is 1.12 bits per heavy atom. The van der Waals surface area contributed by atoms with Gasteiger partial charge >= 0.3 is 0 Å². The number of aryl methyl sites for hydroxylation is 1. The van der Waals surface area contributed by atoms with Crippen LogP contribution in [0.15, 0.2) is 36.5 Å². The van der Waals surface area contributed by atoms with E-state index in [0.717, 1.165) is 24.1 Å². The van der Waals surface area contributed by atoms with Gasteiger partial charge in [0.1, 0.15) is 17.6 Å². The van der Waals surface area contributed by atoms with Crippen LogP contribution in [0.5, 0.6) is 0 Å². The van der Waals surface area contributed by atoms with Gasteiger partial charge in [-0.25, -0.2) is 18.2 Å². The Labute approximate surface area is 227 Å². The normalized spacial score (nSPS) is 22.4. The number of carbonyl (C=O) groups excluding carboxylic acids is 3. The predicted molar refractivity (Wildman–Crippen MR) is 138 cm³/mol. The largest absolute Gasteiger partial charge is 0.385 e. The van der Waals surface area contributed by atoms with Gasteiger partial charge in [-0.1, -0.05) is 0 Å². The lowest BCUT2D eigenvalue weighted by Gasteiger charge is -2.35.